The third kappa shape index (κ3) is 3.06. The predicted molar refractivity (Wildman–Crippen MR) is 91.0 cm³/mol. The van der Waals surface area contributed by atoms with E-state index in [-0.39, 0.29) is 11.3 Å². The van der Waals surface area contributed by atoms with Crippen LogP contribution in [0.15, 0.2) is 58.4 Å². The first-order valence-corrected chi connectivity index (χ1v) is 7.26. The van der Waals surface area contributed by atoms with Crippen LogP contribution in [0.3, 0.4) is 0 Å². The van der Waals surface area contributed by atoms with Gasteiger partial charge in [0.05, 0.1) is 17.1 Å². The Kier molecular flexibility index (Phi) is 4.05. The molecular formula is C17H16N4O2. The first kappa shape index (κ1) is 14.8. The summed E-state index contributed by atoms with van der Waals surface area (Å²) in [6, 6.07) is 13.9. The summed E-state index contributed by atoms with van der Waals surface area (Å²) in [6.07, 6.45) is 1.60. The Labute approximate surface area is 132 Å². The van der Waals surface area contributed by atoms with Crippen LogP contribution in [0.25, 0.3) is 10.9 Å². The summed E-state index contributed by atoms with van der Waals surface area (Å²) in [5, 5.41) is 14.0. The lowest BCUT2D eigenvalue weighted by molar-refractivity contribution is 0.475. The molecule has 23 heavy (non-hydrogen) atoms. The highest BCUT2D eigenvalue weighted by atomic mass is 16.3. The Morgan fingerprint density at radius 2 is 1.96 bits per heavy atom. The van der Waals surface area contributed by atoms with Crippen LogP contribution in [0.5, 0.6) is 5.75 Å². The van der Waals surface area contributed by atoms with Crippen molar-refractivity contribution in [3.05, 3.63) is 64.4 Å². The summed E-state index contributed by atoms with van der Waals surface area (Å²) in [6.45, 7) is 2.38. The molecule has 0 saturated carbocycles. The van der Waals surface area contributed by atoms with Crippen LogP contribution in [-0.4, -0.2) is 20.9 Å². The number of rotatable bonds is 4. The summed E-state index contributed by atoms with van der Waals surface area (Å²) in [4.78, 5) is 16.9. The molecule has 0 bridgehead atoms. The van der Waals surface area contributed by atoms with E-state index in [1.54, 1.807) is 42.6 Å². The zero-order valence-electron chi connectivity index (χ0n) is 12.6. The molecule has 6 heteroatoms. The van der Waals surface area contributed by atoms with Gasteiger partial charge in [-0.2, -0.15) is 5.10 Å². The van der Waals surface area contributed by atoms with Crippen LogP contribution in [0.2, 0.25) is 0 Å². The largest absolute Gasteiger partial charge is 0.508 e. The van der Waals surface area contributed by atoms with Crippen molar-refractivity contribution in [2.45, 2.75) is 13.5 Å². The highest BCUT2D eigenvalue weighted by Crippen LogP contribution is 2.11. The normalized spacial score (nSPS) is 11.2. The monoisotopic (exact) mass is 308 g/mol. The molecule has 0 saturated heterocycles. The molecule has 1 aromatic heterocycles. The second-order valence-electron chi connectivity index (χ2n) is 4.96. The number of phenols is 1. The van der Waals surface area contributed by atoms with Crippen LogP contribution >= 0.6 is 0 Å². The predicted octanol–water partition coefficient (Wildman–Crippen LogP) is 2.57. The van der Waals surface area contributed by atoms with E-state index in [0.29, 0.717) is 23.4 Å². The molecule has 2 aromatic carbocycles. The summed E-state index contributed by atoms with van der Waals surface area (Å²) in [5.74, 6) is 0.595. The van der Waals surface area contributed by atoms with Gasteiger partial charge in [0.25, 0.3) is 5.56 Å². The highest BCUT2D eigenvalue weighted by molar-refractivity contribution is 5.81. The molecule has 1 heterocycles. The molecule has 0 atom stereocenters. The number of fused-ring (bicyclic) bond motifs is 1. The van der Waals surface area contributed by atoms with E-state index in [9.17, 15) is 9.90 Å². The number of anilines is 1. The van der Waals surface area contributed by atoms with E-state index in [0.717, 1.165) is 5.56 Å². The minimum Gasteiger partial charge on any atom is -0.508 e. The Hall–Kier alpha value is -3.15. The van der Waals surface area contributed by atoms with Crippen LogP contribution in [0, 0.1) is 0 Å². The molecule has 0 amide bonds. The Morgan fingerprint density at radius 3 is 2.70 bits per heavy atom. The van der Waals surface area contributed by atoms with Crippen LogP contribution in [-0.2, 0) is 6.54 Å². The van der Waals surface area contributed by atoms with E-state index in [1.807, 2.05) is 19.1 Å². The maximum absolute atomic E-state index is 12.5. The van der Waals surface area contributed by atoms with E-state index >= 15 is 0 Å². The Balaban J connectivity index is 1.93. The number of hydrazone groups is 1. The zero-order chi connectivity index (χ0) is 16.2. The molecule has 0 aliphatic carbocycles. The average Bonchev–Trinajstić information content (AvgIpc) is 2.57. The number of aromatic hydroxyl groups is 1. The van der Waals surface area contributed by atoms with Crippen molar-refractivity contribution in [1.29, 1.82) is 0 Å². The minimum absolute atomic E-state index is 0.0968. The first-order valence-electron chi connectivity index (χ1n) is 7.26. The molecule has 0 aliphatic heterocycles. The summed E-state index contributed by atoms with van der Waals surface area (Å²) < 4.78 is 1.54. The quantitative estimate of drug-likeness (QED) is 0.573. The maximum atomic E-state index is 12.5. The first-order chi connectivity index (χ1) is 11.2. The maximum Gasteiger partial charge on any atom is 0.262 e. The van der Waals surface area contributed by atoms with Crippen molar-refractivity contribution in [2.24, 2.45) is 5.10 Å². The van der Waals surface area contributed by atoms with E-state index in [1.165, 1.54) is 4.57 Å². The van der Waals surface area contributed by atoms with Crippen molar-refractivity contribution in [1.82, 2.24) is 9.55 Å². The lowest BCUT2D eigenvalue weighted by atomic mass is 10.2. The van der Waals surface area contributed by atoms with Crippen LogP contribution in [0.1, 0.15) is 12.5 Å². The fourth-order valence-electron chi connectivity index (χ4n) is 2.27. The molecular weight excluding hydrogens is 292 g/mol. The van der Waals surface area contributed by atoms with Gasteiger partial charge in [0.2, 0.25) is 5.95 Å². The molecule has 3 aromatic rings. The van der Waals surface area contributed by atoms with Gasteiger partial charge in [-0.15, -0.1) is 0 Å². The molecule has 2 N–H and O–H groups in total. The fourth-order valence-corrected chi connectivity index (χ4v) is 2.27. The number of nitrogens with zero attached hydrogens (tertiary/aromatic N) is 3. The number of hydrogen-bond acceptors (Lipinski definition) is 5. The van der Waals surface area contributed by atoms with Gasteiger partial charge in [-0.1, -0.05) is 12.1 Å². The SMILES string of the molecule is CCn1c(N/N=C/c2ccc(O)cc2)nc2ccccc2c1=O. The van der Waals surface area contributed by atoms with Crippen molar-refractivity contribution >= 4 is 23.1 Å². The van der Waals surface area contributed by atoms with Gasteiger partial charge in [-0.25, -0.2) is 10.4 Å². The highest BCUT2D eigenvalue weighted by Gasteiger charge is 2.08. The second kappa shape index (κ2) is 6.31. The molecule has 0 unspecified atom stereocenters. The standard InChI is InChI=1S/C17H16N4O2/c1-2-21-16(23)14-5-3-4-6-15(14)19-17(21)20-18-11-12-7-9-13(22)10-8-12/h3-11,22H,2H2,1H3,(H,19,20)/b18-11+. The topological polar surface area (TPSA) is 79.5 Å². The van der Waals surface area contributed by atoms with Gasteiger partial charge in [-0.3, -0.25) is 9.36 Å². The number of aromatic nitrogens is 2. The third-order valence-electron chi connectivity index (χ3n) is 3.45. The smallest absolute Gasteiger partial charge is 0.262 e. The lowest BCUT2D eigenvalue weighted by Crippen LogP contribution is -2.23. The minimum atomic E-state index is -0.0968. The number of nitrogens with one attached hydrogen (secondary N) is 1. The second-order valence-corrected chi connectivity index (χ2v) is 4.96. The van der Waals surface area contributed by atoms with Gasteiger partial charge in [0, 0.05) is 6.54 Å². The molecule has 116 valence electrons. The third-order valence-corrected chi connectivity index (χ3v) is 3.45. The average molecular weight is 308 g/mol. The van der Waals surface area contributed by atoms with Gasteiger partial charge < -0.3 is 5.11 Å². The number of phenolic OH excluding ortho intramolecular Hbond substituents is 1. The summed E-state index contributed by atoms with van der Waals surface area (Å²) in [5.41, 5.74) is 4.17. The molecule has 3 rings (SSSR count). The van der Waals surface area contributed by atoms with Gasteiger partial charge in [-0.05, 0) is 48.9 Å². The molecule has 0 fully saturated rings. The molecule has 6 nitrogen and oxygen atoms in total. The number of para-hydroxylation sites is 1. The summed E-state index contributed by atoms with van der Waals surface area (Å²) >= 11 is 0. The van der Waals surface area contributed by atoms with Gasteiger partial charge >= 0.3 is 0 Å². The van der Waals surface area contributed by atoms with Crippen molar-refractivity contribution < 1.29 is 5.11 Å². The van der Waals surface area contributed by atoms with E-state index in [4.69, 9.17) is 0 Å². The fraction of sp³-hybridized carbons (Fsp3) is 0.118. The van der Waals surface area contributed by atoms with Crippen molar-refractivity contribution in [3.8, 4) is 5.75 Å². The van der Waals surface area contributed by atoms with E-state index < -0.39 is 0 Å². The lowest BCUT2D eigenvalue weighted by Gasteiger charge is -2.10. The molecule has 0 radical (unpaired) electrons. The summed E-state index contributed by atoms with van der Waals surface area (Å²) in [7, 11) is 0. The van der Waals surface area contributed by atoms with Gasteiger partial charge in [0.1, 0.15) is 5.75 Å². The number of hydrogen-bond donors (Lipinski definition) is 2. The zero-order valence-corrected chi connectivity index (χ0v) is 12.6. The number of benzene rings is 2. The Morgan fingerprint density at radius 1 is 1.22 bits per heavy atom. The van der Waals surface area contributed by atoms with Gasteiger partial charge in [0.15, 0.2) is 0 Å². The van der Waals surface area contributed by atoms with Crippen molar-refractivity contribution in [2.75, 3.05) is 5.43 Å². The van der Waals surface area contributed by atoms with Crippen LogP contribution < -0.4 is 11.0 Å². The van der Waals surface area contributed by atoms with Crippen molar-refractivity contribution in [3.63, 3.8) is 0 Å². The molecule has 0 spiro atoms. The Bertz CT molecular complexity index is 914. The molecule has 0 aliphatic rings. The van der Waals surface area contributed by atoms with E-state index in [2.05, 4.69) is 15.5 Å². The van der Waals surface area contributed by atoms with Crippen LogP contribution in [0.4, 0.5) is 5.95 Å².